The molecule has 4 rings (SSSR count). The molecule has 1 saturated carbocycles. The van der Waals surface area contributed by atoms with Crippen molar-refractivity contribution in [2.24, 2.45) is 5.92 Å². The molecular formula is C22H31N3O2. The van der Waals surface area contributed by atoms with Gasteiger partial charge in [0.15, 0.2) is 0 Å². The van der Waals surface area contributed by atoms with Crippen LogP contribution in [-0.2, 0) is 10.2 Å². The second-order valence-corrected chi connectivity index (χ2v) is 8.88. The molecule has 1 aromatic carbocycles. The summed E-state index contributed by atoms with van der Waals surface area (Å²) in [7, 11) is 3.63. The van der Waals surface area contributed by atoms with Gasteiger partial charge in [-0.3, -0.25) is 4.79 Å². The zero-order chi connectivity index (χ0) is 19.0. The monoisotopic (exact) mass is 369 g/mol. The SMILES string of the molecule is CN(C)C(=O)N1CCC2(CC1)CC(CC(=O)NCC1CC1)c1ccccc12. The summed E-state index contributed by atoms with van der Waals surface area (Å²) in [5, 5.41) is 3.13. The van der Waals surface area contributed by atoms with Gasteiger partial charge < -0.3 is 15.1 Å². The highest BCUT2D eigenvalue weighted by atomic mass is 16.2. The highest BCUT2D eigenvalue weighted by Crippen LogP contribution is 2.52. The molecule has 1 unspecified atom stereocenters. The number of rotatable bonds is 4. The summed E-state index contributed by atoms with van der Waals surface area (Å²) < 4.78 is 0. The smallest absolute Gasteiger partial charge is 0.319 e. The highest BCUT2D eigenvalue weighted by molar-refractivity contribution is 5.77. The lowest BCUT2D eigenvalue weighted by molar-refractivity contribution is -0.121. The first kappa shape index (κ1) is 18.3. The highest BCUT2D eigenvalue weighted by Gasteiger charge is 2.46. The maximum absolute atomic E-state index is 12.5. The number of nitrogens with one attached hydrogen (secondary N) is 1. The zero-order valence-electron chi connectivity index (χ0n) is 16.5. The molecule has 1 aliphatic heterocycles. The topological polar surface area (TPSA) is 52.7 Å². The van der Waals surface area contributed by atoms with Crippen LogP contribution in [0.2, 0.25) is 0 Å². The Morgan fingerprint density at radius 2 is 1.89 bits per heavy atom. The van der Waals surface area contributed by atoms with Crippen LogP contribution in [0.4, 0.5) is 4.79 Å². The number of benzene rings is 1. The maximum Gasteiger partial charge on any atom is 0.319 e. The number of carbonyl (C=O) groups is 2. The van der Waals surface area contributed by atoms with Crippen molar-refractivity contribution >= 4 is 11.9 Å². The number of likely N-dealkylation sites (tertiary alicyclic amines) is 1. The largest absolute Gasteiger partial charge is 0.356 e. The molecule has 1 spiro atoms. The van der Waals surface area contributed by atoms with Gasteiger partial charge in [0.1, 0.15) is 0 Å². The second-order valence-electron chi connectivity index (χ2n) is 8.88. The van der Waals surface area contributed by atoms with Gasteiger partial charge in [0.25, 0.3) is 0 Å². The maximum atomic E-state index is 12.5. The minimum atomic E-state index is 0.104. The summed E-state index contributed by atoms with van der Waals surface area (Å²) in [6, 6.07) is 8.78. The summed E-state index contributed by atoms with van der Waals surface area (Å²) in [4.78, 5) is 28.4. The van der Waals surface area contributed by atoms with Gasteiger partial charge in [0.05, 0.1) is 0 Å². The van der Waals surface area contributed by atoms with Gasteiger partial charge in [-0.2, -0.15) is 0 Å². The molecule has 1 aromatic rings. The normalized spacial score (nSPS) is 23.2. The average Bonchev–Trinajstić information content (AvgIpc) is 3.46. The molecule has 2 aliphatic carbocycles. The molecule has 27 heavy (non-hydrogen) atoms. The van der Waals surface area contributed by atoms with Gasteiger partial charge in [0, 0.05) is 40.2 Å². The molecule has 1 N–H and O–H groups in total. The molecule has 0 bridgehead atoms. The predicted octanol–water partition coefficient (Wildman–Crippen LogP) is 3.11. The van der Waals surface area contributed by atoms with Crippen LogP contribution in [0.1, 0.15) is 55.6 Å². The molecular weight excluding hydrogens is 338 g/mol. The molecule has 146 valence electrons. The number of amides is 3. The Balaban J connectivity index is 1.45. The fourth-order valence-corrected chi connectivity index (χ4v) is 4.97. The van der Waals surface area contributed by atoms with E-state index in [0.717, 1.165) is 44.8 Å². The molecule has 1 atom stereocenters. The van der Waals surface area contributed by atoms with E-state index >= 15 is 0 Å². The molecule has 1 heterocycles. The van der Waals surface area contributed by atoms with E-state index < -0.39 is 0 Å². The lowest BCUT2D eigenvalue weighted by Gasteiger charge is -2.41. The predicted molar refractivity (Wildman–Crippen MR) is 106 cm³/mol. The lowest BCUT2D eigenvalue weighted by Crippen LogP contribution is -2.47. The molecule has 2 fully saturated rings. The Morgan fingerprint density at radius 1 is 1.19 bits per heavy atom. The summed E-state index contributed by atoms with van der Waals surface area (Å²) >= 11 is 0. The Kier molecular flexibility index (Phi) is 4.87. The summed E-state index contributed by atoms with van der Waals surface area (Å²) in [6.07, 6.45) is 6.13. The van der Waals surface area contributed by atoms with Crippen LogP contribution < -0.4 is 5.32 Å². The standard InChI is InChI=1S/C22H31N3O2/c1-24(2)21(27)25-11-9-22(10-12-25)14-17(18-5-3-4-6-19(18)22)13-20(26)23-15-16-7-8-16/h3-6,16-17H,7-15H2,1-2H3,(H,23,26). The Bertz CT molecular complexity index is 718. The van der Waals surface area contributed by atoms with Crippen molar-refractivity contribution in [3.63, 3.8) is 0 Å². The number of fused-ring (bicyclic) bond motifs is 2. The number of hydrogen-bond acceptors (Lipinski definition) is 2. The number of carbonyl (C=O) groups excluding carboxylic acids is 2. The van der Waals surface area contributed by atoms with Crippen LogP contribution >= 0.6 is 0 Å². The average molecular weight is 370 g/mol. The number of hydrogen-bond donors (Lipinski definition) is 1. The second kappa shape index (κ2) is 7.17. The van der Waals surface area contributed by atoms with Crippen LogP contribution in [0, 0.1) is 5.92 Å². The first-order valence-electron chi connectivity index (χ1n) is 10.3. The fourth-order valence-electron chi connectivity index (χ4n) is 4.97. The number of nitrogens with zero attached hydrogens (tertiary/aromatic N) is 2. The van der Waals surface area contributed by atoms with Crippen LogP contribution in [0.5, 0.6) is 0 Å². The minimum absolute atomic E-state index is 0.104. The molecule has 5 nitrogen and oxygen atoms in total. The first-order chi connectivity index (χ1) is 13.0. The van der Waals surface area contributed by atoms with E-state index in [1.807, 2.05) is 19.0 Å². The third-order valence-electron chi connectivity index (χ3n) is 6.70. The quantitative estimate of drug-likeness (QED) is 0.887. The van der Waals surface area contributed by atoms with Gasteiger partial charge in [0.2, 0.25) is 5.91 Å². The van der Waals surface area contributed by atoms with Crippen LogP contribution in [0.3, 0.4) is 0 Å². The number of piperidine rings is 1. The van der Waals surface area contributed by atoms with Crippen molar-refractivity contribution in [1.29, 1.82) is 0 Å². The van der Waals surface area contributed by atoms with Crippen molar-refractivity contribution in [2.45, 2.75) is 49.9 Å². The third-order valence-corrected chi connectivity index (χ3v) is 6.70. The van der Waals surface area contributed by atoms with E-state index in [4.69, 9.17) is 0 Å². The lowest BCUT2D eigenvalue weighted by atomic mass is 9.73. The van der Waals surface area contributed by atoms with Gasteiger partial charge in [-0.1, -0.05) is 24.3 Å². The van der Waals surface area contributed by atoms with Crippen molar-refractivity contribution in [3.8, 4) is 0 Å². The summed E-state index contributed by atoms with van der Waals surface area (Å²) in [5.41, 5.74) is 2.90. The van der Waals surface area contributed by atoms with Gasteiger partial charge in [-0.25, -0.2) is 4.79 Å². The van der Waals surface area contributed by atoms with E-state index in [9.17, 15) is 9.59 Å². The third kappa shape index (κ3) is 3.69. The van der Waals surface area contributed by atoms with E-state index in [1.165, 1.54) is 24.0 Å². The van der Waals surface area contributed by atoms with Crippen LogP contribution in [0.15, 0.2) is 24.3 Å². The van der Waals surface area contributed by atoms with E-state index in [1.54, 1.807) is 4.90 Å². The van der Waals surface area contributed by atoms with Crippen molar-refractivity contribution in [1.82, 2.24) is 15.1 Å². The Morgan fingerprint density at radius 3 is 2.56 bits per heavy atom. The van der Waals surface area contributed by atoms with Gasteiger partial charge in [-0.15, -0.1) is 0 Å². The van der Waals surface area contributed by atoms with Crippen LogP contribution in [0.25, 0.3) is 0 Å². The first-order valence-corrected chi connectivity index (χ1v) is 10.3. The molecule has 5 heteroatoms. The zero-order valence-corrected chi connectivity index (χ0v) is 16.5. The van der Waals surface area contributed by atoms with Crippen molar-refractivity contribution in [2.75, 3.05) is 33.7 Å². The van der Waals surface area contributed by atoms with E-state index in [2.05, 4.69) is 29.6 Å². The summed E-state index contributed by atoms with van der Waals surface area (Å²) in [6.45, 7) is 2.44. The molecule has 3 amide bonds. The van der Waals surface area contributed by atoms with E-state index in [0.29, 0.717) is 12.3 Å². The Labute approximate surface area is 162 Å². The molecule has 3 aliphatic rings. The van der Waals surface area contributed by atoms with Crippen LogP contribution in [-0.4, -0.2) is 55.5 Å². The molecule has 0 aromatic heterocycles. The minimum Gasteiger partial charge on any atom is -0.356 e. The van der Waals surface area contributed by atoms with Gasteiger partial charge >= 0.3 is 6.03 Å². The van der Waals surface area contributed by atoms with Crippen molar-refractivity contribution in [3.05, 3.63) is 35.4 Å². The molecule has 0 radical (unpaired) electrons. The summed E-state index contributed by atoms with van der Waals surface area (Å²) in [5.74, 6) is 1.21. The van der Waals surface area contributed by atoms with Crippen molar-refractivity contribution < 1.29 is 9.59 Å². The van der Waals surface area contributed by atoms with Gasteiger partial charge in [-0.05, 0) is 60.5 Å². The van der Waals surface area contributed by atoms with E-state index in [-0.39, 0.29) is 17.4 Å². The number of urea groups is 1. The Hall–Kier alpha value is -2.04. The fraction of sp³-hybridized carbons (Fsp3) is 0.636. The molecule has 1 saturated heterocycles.